The fraction of sp³-hybridized carbons (Fsp3) is 0.259. The molecule has 1 aliphatic heterocycles. The van der Waals surface area contributed by atoms with Crippen LogP contribution in [0.1, 0.15) is 17.4 Å². The van der Waals surface area contributed by atoms with Crippen LogP contribution in [0.3, 0.4) is 0 Å². The van der Waals surface area contributed by atoms with E-state index in [1.807, 2.05) is 42.5 Å². The first-order valence-electron chi connectivity index (χ1n) is 12.0. The Morgan fingerprint density at radius 1 is 0.892 bits per heavy atom. The second-order valence-corrected chi connectivity index (χ2v) is 8.98. The summed E-state index contributed by atoms with van der Waals surface area (Å²) in [7, 11) is 1.61. The molecule has 4 aromatic rings. The minimum Gasteiger partial charge on any atom is -0.497 e. The Morgan fingerprint density at radius 3 is 2.16 bits per heavy atom. The predicted octanol–water partition coefficient (Wildman–Crippen LogP) is 4.64. The molecule has 0 spiro atoms. The number of benzene rings is 2. The Balaban J connectivity index is 1.52. The summed E-state index contributed by atoms with van der Waals surface area (Å²) in [5.74, 6) is 0.548. The van der Waals surface area contributed by atoms with Crippen molar-refractivity contribution >= 4 is 29.2 Å². The van der Waals surface area contributed by atoms with Gasteiger partial charge in [-0.2, -0.15) is 5.10 Å². The van der Waals surface area contributed by atoms with Crippen molar-refractivity contribution in [2.45, 2.75) is 6.92 Å². The van der Waals surface area contributed by atoms with Gasteiger partial charge in [0.15, 0.2) is 5.65 Å². The van der Waals surface area contributed by atoms with Crippen LogP contribution >= 0.6 is 11.6 Å². The number of carbonyl (C=O) groups excluding carboxylic acids is 2. The van der Waals surface area contributed by atoms with E-state index in [1.54, 1.807) is 46.5 Å². The summed E-state index contributed by atoms with van der Waals surface area (Å²) in [6, 6.07) is 18.5. The van der Waals surface area contributed by atoms with Crippen molar-refractivity contribution in [3.63, 3.8) is 0 Å². The molecule has 190 valence electrons. The van der Waals surface area contributed by atoms with E-state index in [4.69, 9.17) is 31.2 Å². The second-order valence-electron chi connectivity index (χ2n) is 8.54. The Kier molecular flexibility index (Phi) is 6.96. The van der Waals surface area contributed by atoms with Crippen molar-refractivity contribution in [3.05, 3.63) is 71.4 Å². The lowest BCUT2D eigenvalue weighted by Gasteiger charge is -2.34. The topological polar surface area (TPSA) is 89.3 Å². The molecular weight excluding hydrogens is 494 g/mol. The third-order valence-corrected chi connectivity index (χ3v) is 6.52. The van der Waals surface area contributed by atoms with Gasteiger partial charge in [0.1, 0.15) is 11.4 Å². The van der Waals surface area contributed by atoms with Crippen molar-refractivity contribution in [2.24, 2.45) is 0 Å². The molecule has 0 radical (unpaired) electrons. The quantitative estimate of drug-likeness (QED) is 0.381. The zero-order valence-electron chi connectivity index (χ0n) is 20.6. The van der Waals surface area contributed by atoms with Gasteiger partial charge in [-0.1, -0.05) is 23.7 Å². The fourth-order valence-corrected chi connectivity index (χ4v) is 4.39. The maximum atomic E-state index is 13.8. The van der Waals surface area contributed by atoms with Gasteiger partial charge in [-0.25, -0.2) is 14.3 Å². The van der Waals surface area contributed by atoms with Gasteiger partial charge >= 0.3 is 6.09 Å². The van der Waals surface area contributed by atoms with Crippen LogP contribution in [0.5, 0.6) is 5.75 Å². The van der Waals surface area contributed by atoms with Crippen molar-refractivity contribution in [3.8, 4) is 28.3 Å². The highest BCUT2D eigenvalue weighted by atomic mass is 35.5. The number of hydrogen-bond acceptors (Lipinski definition) is 6. The number of halogens is 1. The van der Waals surface area contributed by atoms with Crippen LogP contribution in [-0.2, 0) is 4.74 Å². The Bertz CT molecular complexity index is 1430. The van der Waals surface area contributed by atoms with E-state index in [0.29, 0.717) is 60.5 Å². The molecule has 1 aliphatic rings. The van der Waals surface area contributed by atoms with Gasteiger partial charge in [0, 0.05) is 48.4 Å². The minimum atomic E-state index is -0.359. The van der Waals surface area contributed by atoms with Crippen molar-refractivity contribution in [2.75, 3.05) is 39.9 Å². The lowest BCUT2D eigenvalue weighted by Crippen LogP contribution is -2.51. The second kappa shape index (κ2) is 10.5. The van der Waals surface area contributed by atoms with Gasteiger partial charge in [-0.05, 0) is 49.4 Å². The third-order valence-electron chi connectivity index (χ3n) is 6.26. The number of methoxy groups -OCH3 is 1. The number of rotatable bonds is 5. The molecule has 2 amide bonds. The molecule has 0 atom stereocenters. The molecule has 1 saturated heterocycles. The normalized spacial score (nSPS) is 13.6. The maximum Gasteiger partial charge on any atom is 0.409 e. The molecule has 0 bridgehead atoms. The van der Waals surface area contributed by atoms with Crippen molar-refractivity contribution in [1.29, 1.82) is 0 Å². The Labute approximate surface area is 219 Å². The van der Waals surface area contributed by atoms with Gasteiger partial charge in [0.05, 0.1) is 25.1 Å². The van der Waals surface area contributed by atoms with Gasteiger partial charge in [0.25, 0.3) is 5.91 Å². The maximum absolute atomic E-state index is 13.8. The van der Waals surface area contributed by atoms with E-state index in [0.717, 1.165) is 16.9 Å². The average Bonchev–Trinajstić information content (AvgIpc) is 3.37. The lowest BCUT2D eigenvalue weighted by molar-refractivity contribution is 0.0563. The van der Waals surface area contributed by atoms with E-state index >= 15 is 0 Å². The number of amides is 2. The largest absolute Gasteiger partial charge is 0.497 e. The molecule has 5 rings (SSSR count). The molecule has 0 aliphatic carbocycles. The number of piperazine rings is 1. The van der Waals surface area contributed by atoms with E-state index < -0.39 is 0 Å². The number of hydrogen-bond donors (Lipinski definition) is 0. The van der Waals surface area contributed by atoms with Gasteiger partial charge in [-0.15, -0.1) is 0 Å². The molecule has 37 heavy (non-hydrogen) atoms. The van der Waals surface area contributed by atoms with Gasteiger partial charge in [0.2, 0.25) is 0 Å². The van der Waals surface area contributed by atoms with Gasteiger partial charge < -0.3 is 19.3 Å². The van der Waals surface area contributed by atoms with Crippen molar-refractivity contribution in [1.82, 2.24) is 24.4 Å². The first kappa shape index (κ1) is 24.6. The van der Waals surface area contributed by atoms with Crippen LogP contribution in [0.2, 0.25) is 5.02 Å². The first-order chi connectivity index (χ1) is 18.0. The first-order valence-corrected chi connectivity index (χ1v) is 12.4. The van der Waals surface area contributed by atoms with Crippen LogP contribution in [-0.4, -0.2) is 76.3 Å². The van der Waals surface area contributed by atoms with Crippen LogP contribution in [0.25, 0.3) is 28.2 Å². The van der Waals surface area contributed by atoms with E-state index in [1.165, 1.54) is 0 Å². The highest BCUT2D eigenvalue weighted by molar-refractivity contribution is 6.30. The predicted molar refractivity (Wildman–Crippen MR) is 140 cm³/mol. The van der Waals surface area contributed by atoms with Crippen LogP contribution in [0, 0.1) is 0 Å². The highest BCUT2D eigenvalue weighted by Crippen LogP contribution is 2.27. The standard InChI is InChI=1S/C27H26ClN5O4/c1-3-37-27(35)32-14-12-31(13-15-32)26(34)24-16-22(18-6-10-21(36-2)11-7-18)29-25-17-23(30-33(24)25)19-4-8-20(28)9-5-19/h4-11,16-17H,3,12-15H2,1-2H3. The third kappa shape index (κ3) is 5.08. The van der Waals surface area contributed by atoms with E-state index in [2.05, 4.69) is 0 Å². The number of carbonyl (C=O) groups is 2. The Morgan fingerprint density at radius 2 is 1.51 bits per heavy atom. The van der Waals surface area contributed by atoms with E-state index in [9.17, 15) is 9.59 Å². The summed E-state index contributed by atoms with van der Waals surface area (Å²) in [5.41, 5.74) is 3.97. The highest BCUT2D eigenvalue weighted by Gasteiger charge is 2.28. The summed E-state index contributed by atoms with van der Waals surface area (Å²) in [4.78, 5) is 34.0. The molecular formula is C27H26ClN5O4. The summed E-state index contributed by atoms with van der Waals surface area (Å²) >= 11 is 6.06. The summed E-state index contributed by atoms with van der Waals surface area (Å²) < 4.78 is 12.0. The molecule has 0 unspecified atom stereocenters. The molecule has 0 N–H and O–H groups in total. The van der Waals surface area contributed by atoms with Gasteiger partial charge in [-0.3, -0.25) is 4.79 Å². The Hall–Kier alpha value is -4.11. The SMILES string of the molecule is CCOC(=O)N1CCN(C(=O)c2cc(-c3ccc(OC)cc3)nc3cc(-c4ccc(Cl)cc4)nn23)CC1. The molecule has 1 fully saturated rings. The zero-order chi connectivity index (χ0) is 25.9. The average molecular weight is 520 g/mol. The van der Waals surface area contributed by atoms with Crippen molar-refractivity contribution < 1.29 is 19.1 Å². The zero-order valence-corrected chi connectivity index (χ0v) is 21.3. The monoisotopic (exact) mass is 519 g/mol. The van der Waals surface area contributed by atoms with Crippen LogP contribution < -0.4 is 4.74 Å². The number of nitrogens with zero attached hydrogens (tertiary/aromatic N) is 5. The minimum absolute atomic E-state index is 0.184. The summed E-state index contributed by atoms with van der Waals surface area (Å²) in [6.07, 6.45) is -0.359. The molecule has 2 aromatic heterocycles. The van der Waals surface area contributed by atoms with Crippen LogP contribution in [0.15, 0.2) is 60.7 Å². The van der Waals surface area contributed by atoms with E-state index in [-0.39, 0.29) is 12.0 Å². The summed E-state index contributed by atoms with van der Waals surface area (Å²) in [6.45, 7) is 3.68. The van der Waals surface area contributed by atoms with Crippen LogP contribution in [0.4, 0.5) is 4.79 Å². The molecule has 9 nitrogen and oxygen atoms in total. The molecule has 3 heterocycles. The number of ether oxygens (including phenoxy) is 2. The molecule has 0 saturated carbocycles. The lowest BCUT2D eigenvalue weighted by atomic mass is 10.1. The fourth-order valence-electron chi connectivity index (χ4n) is 4.27. The number of fused-ring (bicyclic) bond motifs is 1. The summed E-state index contributed by atoms with van der Waals surface area (Å²) in [5, 5.41) is 5.35. The molecule has 2 aromatic carbocycles. The molecule has 10 heteroatoms. The smallest absolute Gasteiger partial charge is 0.409 e. The number of aromatic nitrogens is 3.